The zero-order valence-corrected chi connectivity index (χ0v) is 101. The van der Waals surface area contributed by atoms with Crippen LogP contribution in [0.2, 0.25) is 0 Å². The molecule has 0 aliphatic carbocycles. The number of amides is 2. The first-order valence-electron chi connectivity index (χ1n) is 58.0. The van der Waals surface area contributed by atoms with E-state index in [0.29, 0.717) is 36.1 Å². The number of aryl methyl sites for hydroxylation is 6. The van der Waals surface area contributed by atoms with Crippen LogP contribution in [0.1, 0.15) is 509 Å². The quantitative estimate of drug-likeness (QED) is 0.0357. The highest BCUT2D eigenvalue weighted by Crippen LogP contribution is 2.58. The van der Waals surface area contributed by atoms with Crippen LogP contribution in [-0.4, -0.2) is 34.7 Å². The molecule has 142 heavy (non-hydrogen) atoms. The predicted octanol–water partition coefficient (Wildman–Crippen LogP) is 45.0. The van der Waals surface area contributed by atoms with Gasteiger partial charge in [-0.2, -0.15) is 0 Å². The molecule has 2 atom stereocenters. The van der Waals surface area contributed by atoms with Crippen LogP contribution in [0.3, 0.4) is 0 Å². The van der Waals surface area contributed by atoms with E-state index in [1.165, 1.54) is 371 Å². The Hall–Kier alpha value is -4.58. The number of hydrogen-bond donors (Lipinski definition) is 0. The molecular formula is C128H188N2O2S10. The van der Waals surface area contributed by atoms with E-state index in [1.807, 2.05) is 56.7 Å². The Morgan fingerprint density at radius 3 is 0.880 bits per heavy atom. The molecule has 12 heterocycles. The standard InChI is InChI=1S/C128H188N2O2S10/c1-21-31-41-51-53-57-67-91(65-55-43-33-23-3)89-129-115(113-114(124(129)132)116(130(123(113)131)90-92(66-56-44-34-24-4)68-58-54-52-42-32-22-2)103-78-76-100(134-103)106-84-94(70-60-46-36-26-6)119(138-106)109-87-98(74-64-50-40-30-10)122(141-109)126(14,15)16)102-77-75-99(133-102)105-83-93(69-59-45-35-25-5)118(137-105)108-86-95(71-61-47-37-27-7)117(140-108)104-80-82-111(136-104)127(17,18)128(19,20)112-88-97(73-63-49-39-29-9)121(142-112)120-96(72-62-48-38-28-8)85-107(139-120)101-79-81-110(135-101)125(11,12)13/h75-88,91-92H,21-74,89-90H2,1-20H3. The van der Waals surface area contributed by atoms with Crippen molar-refractivity contribution in [2.75, 3.05) is 13.1 Å². The van der Waals surface area contributed by atoms with Crippen molar-refractivity contribution in [3.8, 4) is 68.3 Å². The Morgan fingerprint density at radius 1 is 0.225 bits per heavy atom. The van der Waals surface area contributed by atoms with E-state index in [0.717, 1.165) is 91.8 Å². The lowest BCUT2D eigenvalue weighted by Gasteiger charge is -2.40. The Bertz CT molecular complexity index is 5510. The fourth-order valence-corrected chi connectivity index (χ4v) is 34.6. The number of unbranched alkanes of at least 4 members (excludes halogenated alkanes) is 34. The molecule has 0 saturated heterocycles. The van der Waals surface area contributed by atoms with Gasteiger partial charge in [0.2, 0.25) is 0 Å². The minimum Gasteiger partial charge on any atom is -0.306 e. The normalized spacial score (nSPS) is 14.0. The molecule has 782 valence electrons. The van der Waals surface area contributed by atoms with E-state index in [9.17, 15) is 0 Å². The summed E-state index contributed by atoms with van der Waals surface area (Å²) in [5.41, 5.74) is 12.1. The lowest BCUT2D eigenvalue weighted by atomic mass is 9.66. The third-order valence-corrected chi connectivity index (χ3v) is 45.5. The molecule has 0 spiro atoms. The summed E-state index contributed by atoms with van der Waals surface area (Å²) in [6, 6.07) is 35.0. The van der Waals surface area contributed by atoms with Crippen LogP contribution in [0, 0.1) is 11.8 Å². The highest BCUT2D eigenvalue weighted by molar-refractivity contribution is 7.30. The monoisotopic (exact) mass is 2110 g/mol. The van der Waals surface area contributed by atoms with Gasteiger partial charge in [-0.15, -0.1) is 113 Å². The molecule has 2 aliphatic rings. The number of carbonyl (C=O) groups excluding carboxylic acids is 2. The predicted molar refractivity (Wildman–Crippen MR) is 644 cm³/mol. The third-order valence-electron chi connectivity index (χ3n) is 31.3. The Morgan fingerprint density at radius 2 is 0.493 bits per heavy atom. The van der Waals surface area contributed by atoms with Crippen LogP contribution in [-0.2, 0) is 69.8 Å². The highest BCUT2D eigenvalue weighted by Gasteiger charge is 2.51. The minimum atomic E-state index is -0.171. The second-order valence-electron chi connectivity index (χ2n) is 45.9. The molecule has 10 aromatic rings. The van der Waals surface area contributed by atoms with Crippen LogP contribution in [0.5, 0.6) is 0 Å². The van der Waals surface area contributed by atoms with Crippen LogP contribution in [0.25, 0.3) is 79.7 Å². The molecule has 10 aromatic heterocycles. The van der Waals surface area contributed by atoms with E-state index < -0.39 is 0 Å². The first-order chi connectivity index (χ1) is 68.7. The lowest BCUT2D eigenvalue weighted by Crippen LogP contribution is -2.39. The van der Waals surface area contributed by atoms with Gasteiger partial charge in [-0.05, 0) is 244 Å². The van der Waals surface area contributed by atoms with Gasteiger partial charge in [-0.1, -0.05) is 382 Å². The smallest absolute Gasteiger partial charge is 0.261 e. The maximum atomic E-state index is 17.1. The summed E-state index contributed by atoms with van der Waals surface area (Å²) in [5.74, 6) is 0.747. The first-order valence-corrected chi connectivity index (χ1v) is 66.2. The van der Waals surface area contributed by atoms with Gasteiger partial charge >= 0.3 is 0 Å². The molecule has 0 radical (unpaired) electrons. The van der Waals surface area contributed by atoms with E-state index in [-0.39, 0.29) is 33.5 Å². The molecule has 0 N–H and O–H groups in total. The Labute approximate surface area is 906 Å². The van der Waals surface area contributed by atoms with E-state index in [4.69, 9.17) is 0 Å². The number of nitrogens with zero attached hydrogens (tertiary/aromatic N) is 2. The van der Waals surface area contributed by atoms with Crippen LogP contribution >= 0.6 is 113 Å². The largest absolute Gasteiger partial charge is 0.306 e. The summed E-state index contributed by atoms with van der Waals surface area (Å²) in [6.07, 6.45) is 65.5. The van der Waals surface area contributed by atoms with Crippen molar-refractivity contribution >= 4 is 137 Å². The summed E-state index contributed by atoms with van der Waals surface area (Å²) in [5, 5.41) is 0. The van der Waals surface area contributed by atoms with Crippen molar-refractivity contribution in [2.45, 2.75) is 507 Å². The number of carbonyl (C=O) groups is 2. The van der Waals surface area contributed by atoms with E-state index in [1.54, 1.807) is 26.4 Å². The molecule has 2 aliphatic heterocycles. The molecule has 0 aromatic carbocycles. The van der Waals surface area contributed by atoms with Gasteiger partial charge in [0, 0.05) is 112 Å². The molecule has 2 amide bonds. The first kappa shape index (κ1) is 116. The SMILES string of the molecule is CCCCCCCCC(CCCCCC)CN1C(=O)C2=C(c3ccc(-c4cc(CCCCCC)c(-c5cc(CCCCCC)c(C(C)(C)C)s5)s4)s3)N(CC(CCCCCC)CCCCCCCC)C(=O)C2=C1c1ccc(-c2cc(CCCCCC)c(-c3cc(CCCCCC)c(-c4ccc(C(C)(C)C(C)(C)c5cc(CCCCCC)c(-c6sc(-c7ccc(C(C)(C)C)s7)cc6CCCCCC)s5)s4)s3)s2)s1. The van der Waals surface area contributed by atoms with Crippen LogP contribution < -0.4 is 0 Å². The van der Waals surface area contributed by atoms with Gasteiger partial charge in [-0.3, -0.25) is 9.59 Å². The summed E-state index contributed by atoms with van der Waals surface area (Å²) < 4.78 is 0. The van der Waals surface area contributed by atoms with Gasteiger partial charge < -0.3 is 9.80 Å². The fourth-order valence-electron chi connectivity index (χ4n) is 21.7. The second kappa shape index (κ2) is 58.1. The number of thiophene rings is 10. The summed E-state index contributed by atoms with van der Waals surface area (Å²) in [6.45, 7) is 49.3. The molecular weight excluding hydrogens is 1920 g/mol. The average Bonchev–Trinajstić information content (AvgIpc) is 1.40. The van der Waals surface area contributed by atoms with Crippen molar-refractivity contribution in [1.82, 2.24) is 9.80 Å². The van der Waals surface area contributed by atoms with Gasteiger partial charge in [0.15, 0.2) is 0 Å². The topological polar surface area (TPSA) is 40.6 Å². The van der Waals surface area contributed by atoms with Crippen molar-refractivity contribution in [2.24, 2.45) is 11.8 Å². The summed E-state index contributed by atoms with van der Waals surface area (Å²) >= 11 is 20.1. The maximum absolute atomic E-state index is 17.1. The molecule has 0 bridgehead atoms. The molecule has 12 rings (SSSR count). The van der Waals surface area contributed by atoms with Gasteiger partial charge in [0.05, 0.1) is 32.3 Å². The van der Waals surface area contributed by atoms with Crippen molar-refractivity contribution in [3.63, 3.8) is 0 Å². The van der Waals surface area contributed by atoms with Crippen molar-refractivity contribution < 1.29 is 9.59 Å². The highest BCUT2D eigenvalue weighted by atomic mass is 32.1. The number of hydrogen-bond acceptors (Lipinski definition) is 12. The van der Waals surface area contributed by atoms with Crippen LogP contribution in [0.15, 0.2) is 96.1 Å². The van der Waals surface area contributed by atoms with Crippen molar-refractivity contribution in [3.05, 3.63) is 159 Å². The molecule has 14 heteroatoms. The summed E-state index contributed by atoms with van der Waals surface area (Å²) in [4.78, 5) is 66.5. The van der Waals surface area contributed by atoms with Crippen molar-refractivity contribution in [1.29, 1.82) is 0 Å². The lowest BCUT2D eigenvalue weighted by molar-refractivity contribution is -0.124. The second-order valence-corrected chi connectivity index (χ2v) is 56.5. The molecule has 2 unspecified atom stereocenters. The van der Waals surface area contributed by atoms with Crippen LogP contribution in [0.4, 0.5) is 0 Å². The van der Waals surface area contributed by atoms with E-state index in [2.05, 4.69) is 290 Å². The zero-order valence-electron chi connectivity index (χ0n) is 92.6. The molecule has 4 nitrogen and oxygen atoms in total. The number of rotatable bonds is 70. The maximum Gasteiger partial charge on any atom is 0.261 e. The Kier molecular flexibility index (Phi) is 47.5. The number of fused-ring (bicyclic) bond motifs is 1. The summed E-state index contributed by atoms with van der Waals surface area (Å²) in [7, 11) is 0. The fraction of sp³-hybridized carbons (Fsp3) is 0.641. The zero-order chi connectivity index (χ0) is 101. The average molecular weight is 2110 g/mol. The Balaban J connectivity index is 0.968. The molecule has 0 fully saturated rings. The van der Waals surface area contributed by atoms with Gasteiger partial charge in [0.1, 0.15) is 0 Å². The third kappa shape index (κ3) is 31.1. The van der Waals surface area contributed by atoms with Gasteiger partial charge in [0.25, 0.3) is 11.8 Å². The van der Waals surface area contributed by atoms with Gasteiger partial charge in [-0.25, -0.2) is 0 Å². The minimum absolute atomic E-state index is 0.0495. The van der Waals surface area contributed by atoms with E-state index >= 15 is 9.59 Å². The molecule has 0 saturated carbocycles.